The molecule has 1 aromatic carbocycles. The molecule has 6 heteroatoms. The first kappa shape index (κ1) is 10.8. The average molecular weight is 334 g/mol. The molecule has 2 nitrogen and oxygen atoms in total. The molecule has 1 N–H and O–H groups in total. The standard InChI is InChI=1S/C6H7Br2O2PS/c7-11(8,9,12)10-6-4-2-1-3-5-6/h1-5,9,12H. The summed E-state index contributed by atoms with van der Waals surface area (Å²) in [5.74, 6) is 0.557. The zero-order valence-corrected chi connectivity index (χ0v) is 10.9. The summed E-state index contributed by atoms with van der Waals surface area (Å²) in [7, 11) is 0. The van der Waals surface area contributed by atoms with Gasteiger partial charge >= 0.3 is 92.4 Å². The van der Waals surface area contributed by atoms with Crippen LogP contribution in [-0.2, 0) is 0 Å². The van der Waals surface area contributed by atoms with Gasteiger partial charge in [-0.2, -0.15) is 0 Å². The third-order valence-electron chi connectivity index (χ3n) is 0.999. The summed E-state index contributed by atoms with van der Waals surface area (Å²) >= 11 is 9.85. The van der Waals surface area contributed by atoms with Gasteiger partial charge in [-0.05, 0) is 0 Å². The molecule has 0 aliphatic rings. The van der Waals surface area contributed by atoms with E-state index in [9.17, 15) is 4.89 Å². The van der Waals surface area contributed by atoms with Crippen LogP contribution in [-0.4, -0.2) is 4.89 Å². The SMILES string of the molecule is OP(S)(Br)(Br)Oc1ccccc1. The van der Waals surface area contributed by atoms with E-state index in [1.165, 1.54) is 0 Å². The summed E-state index contributed by atoms with van der Waals surface area (Å²) < 4.78 is 1.64. The van der Waals surface area contributed by atoms with Crippen LogP contribution in [0.5, 0.6) is 5.75 Å². The van der Waals surface area contributed by atoms with Gasteiger partial charge in [0, 0.05) is 0 Å². The van der Waals surface area contributed by atoms with Gasteiger partial charge in [0.1, 0.15) is 0 Å². The van der Waals surface area contributed by atoms with Crippen LogP contribution >= 0.6 is 46.9 Å². The van der Waals surface area contributed by atoms with Crippen molar-refractivity contribution in [2.75, 3.05) is 0 Å². The Hall–Kier alpha value is 0.720. The molecule has 0 radical (unpaired) electrons. The molecule has 0 spiro atoms. The van der Waals surface area contributed by atoms with Crippen LogP contribution in [0, 0.1) is 0 Å². The Labute approximate surface area is 92.0 Å². The Bertz CT molecular complexity index is 263. The molecule has 1 aromatic rings. The molecule has 0 bridgehead atoms. The first-order valence-corrected chi connectivity index (χ1v) is 10.3. The third-order valence-corrected chi connectivity index (χ3v) is 2.63. The maximum atomic E-state index is 9.54. The van der Waals surface area contributed by atoms with Crippen LogP contribution in [0.4, 0.5) is 0 Å². The molecule has 0 atom stereocenters. The van der Waals surface area contributed by atoms with Crippen molar-refractivity contribution in [3.8, 4) is 5.75 Å². The molecule has 0 heterocycles. The van der Waals surface area contributed by atoms with Gasteiger partial charge in [0.05, 0.1) is 0 Å². The second-order valence-corrected chi connectivity index (χ2v) is 20.1. The van der Waals surface area contributed by atoms with Crippen molar-refractivity contribution in [2.24, 2.45) is 0 Å². The van der Waals surface area contributed by atoms with Crippen molar-refractivity contribution in [3.63, 3.8) is 0 Å². The van der Waals surface area contributed by atoms with Crippen molar-refractivity contribution in [2.45, 2.75) is 0 Å². The van der Waals surface area contributed by atoms with Crippen LogP contribution in [0.15, 0.2) is 30.3 Å². The van der Waals surface area contributed by atoms with Gasteiger partial charge in [0.2, 0.25) is 0 Å². The summed E-state index contributed by atoms with van der Waals surface area (Å²) in [6.45, 7) is 0. The van der Waals surface area contributed by atoms with Crippen LogP contribution in [0.3, 0.4) is 0 Å². The predicted octanol–water partition coefficient (Wildman–Crippen LogP) is 3.91. The first-order chi connectivity index (χ1) is 5.33. The molecule has 0 saturated carbocycles. The van der Waals surface area contributed by atoms with Gasteiger partial charge in [0.25, 0.3) is 0 Å². The van der Waals surface area contributed by atoms with Gasteiger partial charge in [-0.25, -0.2) is 0 Å². The Kier molecular flexibility index (Phi) is 3.12. The molecule has 0 unspecified atom stereocenters. The molecular weight excluding hydrogens is 327 g/mol. The Morgan fingerprint density at radius 1 is 1.25 bits per heavy atom. The number of hydrogen-bond acceptors (Lipinski definition) is 3. The van der Waals surface area contributed by atoms with Crippen LogP contribution in [0.25, 0.3) is 0 Å². The second kappa shape index (κ2) is 3.46. The summed E-state index contributed by atoms with van der Waals surface area (Å²) in [5, 5.41) is 0. The van der Waals surface area contributed by atoms with Gasteiger partial charge in [-0.3, -0.25) is 0 Å². The average Bonchev–Trinajstić information content (AvgIpc) is 1.83. The number of thiol groups is 1. The molecule has 0 amide bonds. The van der Waals surface area contributed by atoms with Crippen molar-refractivity contribution in [1.29, 1.82) is 0 Å². The summed E-state index contributed by atoms with van der Waals surface area (Å²) in [5.41, 5.74) is 0. The zero-order valence-electron chi connectivity index (χ0n) is 5.89. The van der Waals surface area contributed by atoms with Crippen molar-refractivity contribution >= 4 is 46.9 Å². The van der Waals surface area contributed by atoms with Crippen LogP contribution in [0.1, 0.15) is 0 Å². The molecule has 68 valence electrons. The fourth-order valence-electron chi connectivity index (χ4n) is 0.655. The molecule has 0 aliphatic carbocycles. The minimum absolute atomic E-state index is 0.557. The Balaban J connectivity index is 2.79. The van der Waals surface area contributed by atoms with E-state index in [1.807, 2.05) is 18.2 Å². The maximum absolute atomic E-state index is 9.54. The fraction of sp³-hybridized carbons (Fsp3) is 0. The summed E-state index contributed by atoms with van der Waals surface area (Å²) in [6, 6.07) is 8.95. The zero-order chi connectivity index (χ0) is 9.27. The Morgan fingerprint density at radius 2 is 1.75 bits per heavy atom. The minimum atomic E-state index is -3.53. The molecule has 0 aromatic heterocycles. The van der Waals surface area contributed by atoms with Crippen LogP contribution < -0.4 is 4.52 Å². The van der Waals surface area contributed by atoms with E-state index in [4.69, 9.17) is 4.52 Å². The summed E-state index contributed by atoms with van der Waals surface area (Å²) in [4.78, 5) is 9.54. The van der Waals surface area contributed by atoms with Crippen molar-refractivity contribution in [3.05, 3.63) is 30.3 Å². The van der Waals surface area contributed by atoms with Crippen molar-refractivity contribution < 1.29 is 9.42 Å². The van der Waals surface area contributed by atoms with E-state index in [1.54, 1.807) is 12.1 Å². The molecular formula is C6H7Br2O2PS. The molecule has 0 fully saturated rings. The topological polar surface area (TPSA) is 29.5 Å². The molecule has 0 aliphatic heterocycles. The van der Waals surface area contributed by atoms with Crippen molar-refractivity contribution in [1.82, 2.24) is 0 Å². The quantitative estimate of drug-likeness (QED) is 0.635. The van der Waals surface area contributed by atoms with Crippen LogP contribution in [0.2, 0.25) is 0 Å². The fourth-order valence-corrected chi connectivity index (χ4v) is 2.41. The monoisotopic (exact) mass is 332 g/mol. The molecule has 1 rings (SSSR count). The molecule has 0 saturated heterocycles. The number of benzene rings is 1. The van der Waals surface area contributed by atoms with E-state index < -0.39 is 3.66 Å². The third kappa shape index (κ3) is 4.67. The Morgan fingerprint density at radius 3 is 2.17 bits per heavy atom. The first-order valence-electron chi connectivity index (χ1n) is 3.04. The van der Waals surface area contributed by atoms with E-state index >= 15 is 0 Å². The van der Waals surface area contributed by atoms with Gasteiger partial charge < -0.3 is 0 Å². The van der Waals surface area contributed by atoms with E-state index in [0.29, 0.717) is 5.75 Å². The number of halogens is 2. The van der Waals surface area contributed by atoms with E-state index in [2.05, 4.69) is 43.2 Å². The van der Waals surface area contributed by atoms with Gasteiger partial charge in [-0.15, -0.1) is 0 Å². The second-order valence-electron chi connectivity index (χ2n) is 2.16. The molecule has 12 heavy (non-hydrogen) atoms. The van der Waals surface area contributed by atoms with E-state index in [0.717, 1.165) is 0 Å². The summed E-state index contributed by atoms with van der Waals surface area (Å²) in [6.07, 6.45) is 0. The predicted molar refractivity (Wildman–Crippen MR) is 63.0 cm³/mol. The normalized spacial score (nSPS) is 14.8. The van der Waals surface area contributed by atoms with Gasteiger partial charge in [-0.1, -0.05) is 0 Å². The van der Waals surface area contributed by atoms with Gasteiger partial charge in [0.15, 0.2) is 0 Å². The number of para-hydroxylation sites is 1. The number of hydrogen-bond donors (Lipinski definition) is 2. The van der Waals surface area contributed by atoms with E-state index in [-0.39, 0.29) is 0 Å². The number of rotatable bonds is 2.